The molecule has 1 rings (SSSR count). The maximum absolute atomic E-state index is 5.27. The molecular formula is C14H23NO2. The van der Waals surface area contributed by atoms with Crippen molar-refractivity contribution in [1.29, 1.82) is 0 Å². The number of hydrogen-bond acceptors (Lipinski definition) is 3. The first-order valence-corrected chi connectivity index (χ1v) is 6.17. The molecule has 0 fully saturated rings. The van der Waals surface area contributed by atoms with E-state index in [2.05, 4.69) is 19.2 Å². The maximum atomic E-state index is 5.27. The van der Waals surface area contributed by atoms with Crippen LogP contribution in [-0.4, -0.2) is 20.8 Å². The number of hydrogen-bond donors (Lipinski definition) is 1. The lowest BCUT2D eigenvalue weighted by Crippen LogP contribution is -2.19. The number of unbranched alkanes of at least 4 members (excludes halogenated alkanes) is 1. The van der Waals surface area contributed by atoms with Crippen LogP contribution in [-0.2, 0) is 0 Å². The van der Waals surface area contributed by atoms with Crippen LogP contribution in [0.3, 0.4) is 0 Å². The Labute approximate surface area is 104 Å². The Morgan fingerprint density at radius 2 is 1.71 bits per heavy atom. The van der Waals surface area contributed by atoms with Gasteiger partial charge in [-0.05, 0) is 37.6 Å². The Balaban J connectivity index is 2.73. The second-order valence-corrected chi connectivity index (χ2v) is 4.18. The molecule has 0 radical (unpaired) electrons. The van der Waals surface area contributed by atoms with E-state index >= 15 is 0 Å². The van der Waals surface area contributed by atoms with Crippen molar-refractivity contribution < 1.29 is 9.47 Å². The van der Waals surface area contributed by atoms with Crippen LogP contribution in [0.25, 0.3) is 0 Å². The van der Waals surface area contributed by atoms with E-state index in [1.807, 2.05) is 18.2 Å². The van der Waals surface area contributed by atoms with E-state index in [0.29, 0.717) is 6.04 Å². The maximum Gasteiger partial charge on any atom is 0.122 e. The van der Waals surface area contributed by atoms with Crippen molar-refractivity contribution >= 4 is 0 Å². The highest BCUT2D eigenvalue weighted by atomic mass is 16.5. The molecule has 0 aliphatic heterocycles. The third kappa shape index (κ3) is 4.27. The van der Waals surface area contributed by atoms with Crippen LogP contribution in [0.2, 0.25) is 0 Å². The molecule has 0 saturated heterocycles. The van der Waals surface area contributed by atoms with Crippen LogP contribution in [0.1, 0.15) is 38.3 Å². The smallest absolute Gasteiger partial charge is 0.122 e. The lowest BCUT2D eigenvalue weighted by Gasteiger charge is -2.16. The zero-order chi connectivity index (χ0) is 12.7. The number of methoxy groups -OCH3 is 2. The van der Waals surface area contributed by atoms with E-state index < -0.39 is 0 Å². The van der Waals surface area contributed by atoms with E-state index in [9.17, 15) is 0 Å². The molecular weight excluding hydrogens is 214 g/mol. The topological polar surface area (TPSA) is 30.5 Å². The summed E-state index contributed by atoms with van der Waals surface area (Å²) in [6, 6.07) is 6.30. The van der Waals surface area contributed by atoms with Crippen molar-refractivity contribution in [3.8, 4) is 11.5 Å². The molecule has 0 heterocycles. The van der Waals surface area contributed by atoms with Gasteiger partial charge in [0.15, 0.2) is 0 Å². The highest BCUT2D eigenvalue weighted by Gasteiger charge is 2.08. The van der Waals surface area contributed by atoms with Gasteiger partial charge < -0.3 is 14.8 Å². The summed E-state index contributed by atoms with van der Waals surface area (Å²) in [5, 5.41) is 3.49. The molecule has 0 bridgehead atoms. The molecule has 0 aliphatic carbocycles. The first kappa shape index (κ1) is 13.8. The second kappa shape index (κ2) is 7.17. The zero-order valence-electron chi connectivity index (χ0n) is 11.2. The summed E-state index contributed by atoms with van der Waals surface area (Å²) in [5.41, 5.74) is 1.19. The average Bonchev–Trinajstić information content (AvgIpc) is 2.38. The molecule has 0 aromatic heterocycles. The molecule has 1 N–H and O–H groups in total. The third-order valence-corrected chi connectivity index (χ3v) is 2.85. The lowest BCUT2D eigenvalue weighted by molar-refractivity contribution is 0.392. The quantitative estimate of drug-likeness (QED) is 0.739. The Morgan fingerprint density at radius 1 is 1.12 bits per heavy atom. The van der Waals surface area contributed by atoms with E-state index in [0.717, 1.165) is 18.0 Å². The van der Waals surface area contributed by atoms with Crippen molar-refractivity contribution in [2.45, 2.75) is 32.7 Å². The first-order valence-electron chi connectivity index (χ1n) is 6.17. The van der Waals surface area contributed by atoms with Crippen LogP contribution in [0.5, 0.6) is 11.5 Å². The van der Waals surface area contributed by atoms with Gasteiger partial charge in [0.2, 0.25) is 0 Å². The van der Waals surface area contributed by atoms with Crippen molar-refractivity contribution in [3.05, 3.63) is 23.8 Å². The minimum absolute atomic E-state index is 0.311. The molecule has 0 saturated carbocycles. The van der Waals surface area contributed by atoms with Crippen LogP contribution in [0, 0.1) is 0 Å². The Hall–Kier alpha value is -1.22. The molecule has 96 valence electrons. The largest absolute Gasteiger partial charge is 0.497 e. The molecule has 3 heteroatoms. The molecule has 0 amide bonds. The molecule has 1 aromatic carbocycles. The summed E-state index contributed by atoms with van der Waals surface area (Å²) in [6.07, 6.45) is 2.41. The molecule has 1 aromatic rings. The predicted molar refractivity (Wildman–Crippen MR) is 70.9 cm³/mol. The third-order valence-electron chi connectivity index (χ3n) is 2.85. The standard InChI is InChI=1S/C14H23NO2/c1-5-6-7-15-11(2)12-8-13(16-3)10-14(9-12)17-4/h8-11,15H,5-7H2,1-4H3. The van der Waals surface area contributed by atoms with Gasteiger partial charge in [-0.1, -0.05) is 13.3 Å². The fourth-order valence-corrected chi connectivity index (χ4v) is 1.69. The van der Waals surface area contributed by atoms with Crippen LogP contribution in [0.4, 0.5) is 0 Å². The van der Waals surface area contributed by atoms with Crippen molar-refractivity contribution in [1.82, 2.24) is 5.32 Å². The van der Waals surface area contributed by atoms with E-state index in [4.69, 9.17) is 9.47 Å². The van der Waals surface area contributed by atoms with Gasteiger partial charge in [0.1, 0.15) is 11.5 Å². The van der Waals surface area contributed by atoms with Gasteiger partial charge in [-0.2, -0.15) is 0 Å². The fraction of sp³-hybridized carbons (Fsp3) is 0.571. The summed E-state index contributed by atoms with van der Waals surface area (Å²) < 4.78 is 10.5. The molecule has 0 spiro atoms. The van der Waals surface area contributed by atoms with Gasteiger partial charge >= 0.3 is 0 Å². The monoisotopic (exact) mass is 237 g/mol. The van der Waals surface area contributed by atoms with Crippen LogP contribution in [0.15, 0.2) is 18.2 Å². The summed E-state index contributed by atoms with van der Waals surface area (Å²) in [4.78, 5) is 0. The normalized spacial score (nSPS) is 12.2. The van der Waals surface area contributed by atoms with Gasteiger partial charge in [-0.3, -0.25) is 0 Å². The van der Waals surface area contributed by atoms with E-state index in [-0.39, 0.29) is 0 Å². The number of nitrogens with one attached hydrogen (secondary N) is 1. The lowest BCUT2D eigenvalue weighted by atomic mass is 10.1. The fourth-order valence-electron chi connectivity index (χ4n) is 1.69. The van der Waals surface area contributed by atoms with Gasteiger partial charge in [-0.15, -0.1) is 0 Å². The van der Waals surface area contributed by atoms with Gasteiger partial charge in [0.25, 0.3) is 0 Å². The van der Waals surface area contributed by atoms with Crippen LogP contribution < -0.4 is 14.8 Å². The minimum Gasteiger partial charge on any atom is -0.497 e. The van der Waals surface area contributed by atoms with Gasteiger partial charge in [0.05, 0.1) is 14.2 Å². The minimum atomic E-state index is 0.311. The molecule has 0 aliphatic rings. The number of ether oxygens (including phenoxy) is 2. The van der Waals surface area contributed by atoms with E-state index in [1.54, 1.807) is 14.2 Å². The Morgan fingerprint density at radius 3 is 2.18 bits per heavy atom. The number of benzene rings is 1. The number of rotatable bonds is 7. The first-order chi connectivity index (χ1) is 8.21. The SMILES string of the molecule is CCCCNC(C)c1cc(OC)cc(OC)c1. The van der Waals surface area contributed by atoms with Gasteiger partial charge in [0, 0.05) is 12.1 Å². The molecule has 3 nitrogen and oxygen atoms in total. The second-order valence-electron chi connectivity index (χ2n) is 4.18. The van der Waals surface area contributed by atoms with E-state index in [1.165, 1.54) is 18.4 Å². The molecule has 1 atom stereocenters. The summed E-state index contributed by atoms with van der Waals surface area (Å²) in [6.45, 7) is 5.39. The highest BCUT2D eigenvalue weighted by Crippen LogP contribution is 2.26. The van der Waals surface area contributed by atoms with Crippen molar-refractivity contribution in [3.63, 3.8) is 0 Å². The van der Waals surface area contributed by atoms with Crippen molar-refractivity contribution in [2.75, 3.05) is 20.8 Å². The Kier molecular flexibility index (Phi) is 5.84. The van der Waals surface area contributed by atoms with Crippen LogP contribution >= 0.6 is 0 Å². The highest BCUT2D eigenvalue weighted by molar-refractivity contribution is 5.39. The summed E-state index contributed by atoms with van der Waals surface area (Å²) >= 11 is 0. The molecule has 1 unspecified atom stereocenters. The summed E-state index contributed by atoms with van der Waals surface area (Å²) in [7, 11) is 3.35. The average molecular weight is 237 g/mol. The predicted octanol–water partition coefficient (Wildman–Crippen LogP) is 3.15. The summed E-state index contributed by atoms with van der Waals surface area (Å²) in [5.74, 6) is 1.67. The van der Waals surface area contributed by atoms with Crippen molar-refractivity contribution in [2.24, 2.45) is 0 Å². The zero-order valence-corrected chi connectivity index (χ0v) is 11.2. The Bertz CT molecular complexity index is 317. The molecule has 17 heavy (non-hydrogen) atoms. The van der Waals surface area contributed by atoms with Gasteiger partial charge in [-0.25, -0.2) is 0 Å².